The van der Waals surface area contributed by atoms with Crippen molar-refractivity contribution in [1.82, 2.24) is 5.06 Å². The van der Waals surface area contributed by atoms with E-state index in [0.717, 1.165) is 17.7 Å². The maximum atomic E-state index is 10.6. The van der Waals surface area contributed by atoms with E-state index in [-0.39, 0.29) is 12.5 Å². The van der Waals surface area contributed by atoms with E-state index in [1.54, 1.807) is 11.3 Å². The van der Waals surface area contributed by atoms with E-state index in [2.05, 4.69) is 16.3 Å². The average molecular weight is 407 g/mol. The number of ether oxygens (including phenoxy) is 2. The van der Waals surface area contributed by atoms with Crippen LogP contribution in [0.15, 0.2) is 41.1 Å². The molecule has 1 saturated heterocycles. The molecule has 0 bridgehead atoms. The smallest absolute Gasteiger partial charge is 0.494 e. The molecule has 1 aliphatic heterocycles. The van der Waals surface area contributed by atoms with Crippen LogP contribution in [0, 0.1) is 0 Å². The molecule has 28 heavy (non-hydrogen) atoms. The zero-order valence-electron chi connectivity index (χ0n) is 15.5. The van der Waals surface area contributed by atoms with Crippen LogP contribution in [-0.2, 0) is 16.2 Å². The lowest BCUT2D eigenvalue weighted by molar-refractivity contribution is -0.154. The van der Waals surface area contributed by atoms with Gasteiger partial charge in [0.05, 0.1) is 32.5 Å². The fourth-order valence-electron chi connectivity index (χ4n) is 3.21. The molecule has 0 radical (unpaired) electrons. The van der Waals surface area contributed by atoms with E-state index in [0.29, 0.717) is 32.8 Å². The molecule has 2 N–H and O–H groups in total. The molecule has 2 heterocycles. The fourth-order valence-corrected chi connectivity index (χ4v) is 3.87. The molecule has 1 fully saturated rings. The van der Waals surface area contributed by atoms with Gasteiger partial charge in [-0.15, -0.1) is 5.06 Å². The Morgan fingerprint density at radius 3 is 2.71 bits per heavy atom. The number of thiophene rings is 1. The third-order valence-electron chi connectivity index (χ3n) is 4.61. The van der Waals surface area contributed by atoms with Crippen LogP contribution in [0.5, 0.6) is 5.75 Å². The number of carbonyl (C=O) groups is 1. The summed E-state index contributed by atoms with van der Waals surface area (Å²) in [5.74, 6) is 0.732. The number of aliphatic hydroxyl groups is 1. The van der Waals surface area contributed by atoms with Gasteiger partial charge in [0.1, 0.15) is 5.75 Å². The SMILES string of the molecule is O=C(O)ON1CCC(c2ccc(OCCCOCc3ccsc3)cc2)C(O)C1. The number of hydrogen-bond acceptors (Lipinski definition) is 7. The molecule has 0 aliphatic carbocycles. The Bertz CT molecular complexity index is 721. The lowest BCUT2D eigenvalue weighted by Gasteiger charge is -2.34. The molecule has 1 aromatic carbocycles. The van der Waals surface area contributed by atoms with Gasteiger partial charge < -0.3 is 24.5 Å². The quantitative estimate of drug-likeness (QED) is 0.615. The normalized spacial score (nSPS) is 20.0. The first-order valence-corrected chi connectivity index (χ1v) is 10.2. The maximum Gasteiger partial charge on any atom is 0.525 e. The van der Waals surface area contributed by atoms with Crippen molar-refractivity contribution in [2.75, 3.05) is 26.3 Å². The highest BCUT2D eigenvalue weighted by molar-refractivity contribution is 7.07. The monoisotopic (exact) mass is 407 g/mol. The summed E-state index contributed by atoms with van der Waals surface area (Å²) in [6.45, 7) is 2.49. The van der Waals surface area contributed by atoms with Crippen LogP contribution in [0.25, 0.3) is 0 Å². The van der Waals surface area contributed by atoms with Gasteiger partial charge >= 0.3 is 6.16 Å². The highest BCUT2D eigenvalue weighted by Crippen LogP contribution is 2.29. The molecule has 2 atom stereocenters. The van der Waals surface area contributed by atoms with Crippen LogP contribution >= 0.6 is 11.3 Å². The topological polar surface area (TPSA) is 88.5 Å². The molecular formula is C20H25NO6S. The summed E-state index contributed by atoms with van der Waals surface area (Å²) in [6.07, 6.45) is -0.604. The number of aliphatic hydroxyl groups excluding tert-OH is 1. The van der Waals surface area contributed by atoms with Gasteiger partial charge in [-0.1, -0.05) is 12.1 Å². The Hall–Kier alpha value is -2.13. The second kappa shape index (κ2) is 10.4. The van der Waals surface area contributed by atoms with Crippen molar-refractivity contribution in [2.45, 2.75) is 31.5 Å². The van der Waals surface area contributed by atoms with Gasteiger partial charge in [0.15, 0.2) is 0 Å². The Kier molecular flexibility index (Phi) is 7.67. The molecule has 7 nitrogen and oxygen atoms in total. The largest absolute Gasteiger partial charge is 0.525 e. The first kappa shape index (κ1) is 20.6. The van der Waals surface area contributed by atoms with Gasteiger partial charge in [-0.05, 0) is 46.5 Å². The summed E-state index contributed by atoms with van der Waals surface area (Å²) in [4.78, 5) is 15.2. The predicted molar refractivity (Wildman–Crippen MR) is 105 cm³/mol. The minimum absolute atomic E-state index is 0.0480. The highest BCUT2D eigenvalue weighted by Gasteiger charge is 2.30. The standard InChI is InChI=1S/C20H25NO6S/c22-19-12-21(27-20(23)24)8-6-18(19)16-2-4-17(5-3-16)26-10-1-9-25-13-15-7-11-28-14-15/h2-5,7,11,14,18-19,22H,1,6,8-10,12-13H2,(H,23,24). The molecule has 2 aromatic rings. The van der Waals surface area contributed by atoms with Crippen molar-refractivity contribution in [3.8, 4) is 5.75 Å². The first-order chi connectivity index (χ1) is 13.6. The molecular weight excluding hydrogens is 382 g/mol. The minimum atomic E-state index is -1.36. The Labute approximate surface area is 168 Å². The lowest BCUT2D eigenvalue weighted by atomic mass is 9.88. The van der Waals surface area contributed by atoms with Crippen molar-refractivity contribution in [3.63, 3.8) is 0 Å². The number of benzene rings is 1. The summed E-state index contributed by atoms with van der Waals surface area (Å²) < 4.78 is 11.3. The average Bonchev–Trinajstić information content (AvgIpc) is 3.18. The van der Waals surface area contributed by atoms with Crippen LogP contribution in [0.1, 0.15) is 29.9 Å². The summed E-state index contributed by atoms with van der Waals surface area (Å²) >= 11 is 1.67. The van der Waals surface area contributed by atoms with Gasteiger partial charge in [0, 0.05) is 18.9 Å². The third-order valence-corrected chi connectivity index (χ3v) is 5.34. The molecule has 0 saturated carbocycles. The van der Waals surface area contributed by atoms with Gasteiger partial charge in [-0.2, -0.15) is 11.3 Å². The van der Waals surface area contributed by atoms with Crippen LogP contribution in [-0.4, -0.2) is 53.8 Å². The molecule has 8 heteroatoms. The van der Waals surface area contributed by atoms with Crippen molar-refractivity contribution in [1.29, 1.82) is 0 Å². The molecule has 0 spiro atoms. The van der Waals surface area contributed by atoms with Crippen molar-refractivity contribution >= 4 is 17.5 Å². The summed E-state index contributed by atoms with van der Waals surface area (Å²) in [5.41, 5.74) is 2.21. The summed E-state index contributed by atoms with van der Waals surface area (Å²) in [6, 6.07) is 9.75. The summed E-state index contributed by atoms with van der Waals surface area (Å²) in [5, 5.41) is 24.4. The number of piperidine rings is 1. The van der Waals surface area contributed by atoms with E-state index >= 15 is 0 Å². The van der Waals surface area contributed by atoms with Crippen LogP contribution < -0.4 is 4.74 Å². The molecule has 0 amide bonds. The third kappa shape index (κ3) is 6.20. The number of β-amino-alcohol motifs (C(OH)–C–C–N with tert-alkyl or cyclic N) is 1. The van der Waals surface area contributed by atoms with Gasteiger partial charge in [-0.3, -0.25) is 0 Å². The van der Waals surface area contributed by atoms with Gasteiger partial charge in [0.2, 0.25) is 0 Å². The van der Waals surface area contributed by atoms with Crippen molar-refractivity contribution in [3.05, 3.63) is 52.2 Å². The fraction of sp³-hybridized carbons (Fsp3) is 0.450. The Morgan fingerprint density at radius 1 is 1.21 bits per heavy atom. The maximum absolute atomic E-state index is 10.6. The van der Waals surface area contributed by atoms with E-state index < -0.39 is 12.3 Å². The molecule has 1 aromatic heterocycles. The number of nitrogens with zero attached hydrogens (tertiary/aromatic N) is 1. The van der Waals surface area contributed by atoms with Crippen LogP contribution in [0.2, 0.25) is 0 Å². The molecule has 2 unspecified atom stereocenters. The van der Waals surface area contributed by atoms with Crippen molar-refractivity contribution in [2.24, 2.45) is 0 Å². The zero-order chi connectivity index (χ0) is 19.8. The second-order valence-electron chi connectivity index (χ2n) is 6.66. The second-order valence-corrected chi connectivity index (χ2v) is 7.44. The van der Waals surface area contributed by atoms with E-state index in [1.165, 1.54) is 10.6 Å². The first-order valence-electron chi connectivity index (χ1n) is 9.27. The minimum Gasteiger partial charge on any atom is -0.494 e. The van der Waals surface area contributed by atoms with Crippen LogP contribution in [0.4, 0.5) is 4.79 Å². The van der Waals surface area contributed by atoms with E-state index in [1.807, 2.05) is 29.6 Å². The highest BCUT2D eigenvalue weighted by atomic mass is 32.1. The molecule has 152 valence electrons. The predicted octanol–water partition coefficient (Wildman–Crippen LogP) is 3.49. The number of hydrogen-bond donors (Lipinski definition) is 2. The molecule has 3 rings (SSSR count). The Morgan fingerprint density at radius 2 is 2.04 bits per heavy atom. The summed E-state index contributed by atoms with van der Waals surface area (Å²) in [7, 11) is 0. The Balaban J connectivity index is 1.37. The van der Waals surface area contributed by atoms with Crippen LogP contribution in [0.3, 0.4) is 0 Å². The van der Waals surface area contributed by atoms with E-state index in [4.69, 9.17) is 14.6 Å². The number of hydroxylamine groups is 2. The zero-order valence-corrected chi connectivity index (χ0v) is 16.3. The lowest BCUT2D eigenvalue weighted by Crippen LogP contribution is -2.43. The number of carboxylic acid groups (broad SMARTS) is 1. The number of rotatable bonds is 9. The van der Waals surface area contributed by atoms with Gasteiger partial charge in [0.25, 0.3) is 0 Å². The molecule has 1 aliphatic rings. The van der Waals surface area contributed by atoms with Crippen molar-refractivity contribution < 1.29 is 29.3 Å². The van der Waals surface area contributed by atoms with E-state index in [9.17, 15) is 9.90 Å². The van der Waals surface area contributed by atoms with Gasteiger partial charge in [-0.25, -0.2) is 4.79 Å².